The van der Waals surface area contributed by atoms with Crippen molar-refractivity contribution in [2.45, 2.75) is 19.8 Å². The van der Waals surface area contributed by atoms with Gasteiger partial charge in [-0.15, -0.1) is 0 Å². The van der Waals surface area contributed by atoms with E-state index in [-0.39, 0.29) is 11.9 Å². The van der Waals surface area contributed by atoms with Crippen molar-refractivity contribution in [1.82, 2.24) is 29.7 Å². The van der Waals surface area contributed by atoms with Crippen molar-refractivity contribution in [2.24, 2.45) is 0 Å². The molecule has 0 bridgehead atoms. The van der Waals surface area contributed by atoms with Gasteiger partial charge < -0.3 is 35.0 Å². The SMILES string of the molecule is CCCN1CCN(C(=O)c2ccc(NC(=O)Nc3ccc(-c4nc(N5CCOCC5)nc(N5CCCN(C)CC5)n4)cc3)cc2)CC1. The van der Waals surface area contributed by atoms with Crippen LogP contribution in [-0.4, -0.2) is 134 Å². The summed E-state index contributed by atoms with van der Waals surface area (Å²) in [7, 11) is 2.15. The van der Waals surface area contributed by atoms with E-state index in [0.29, 0.717) is 47.9 Å². The summed E-state index contributed by atoms with van der Waals surface area (Å²) in [5.41, 5.74) is 2.71. The first-order chi connectivity index (χ1) is 22.9. The second-order valence-corrected chi connectivity index (χ2v) is 12.4. The van der Waals surface area contributed by atoms with Gasteiger partial charge in [-0.2, -0.15) is 15.0 Å². The zero-order chi connectivity index (χ0) is 32.6. The van der Waals surface area contributed by atoms with Gasteiger partial charge in [-0.3, -0.25) is 9.69 Å². The maximum atomic E-state index is 13.0. The van der Waals surface area contributed by atoms with Crippen LogP contribution in [0.5, 0.6) is 0 Å². The largest absolute Gasteiger partial charge is 0.378 e. The molecule has 0 aliphatic carbocycles. The van der Waals surface area contributed by atoms with Gasteiger partial charge in [0, 0.05) is 81.4 Å². The smallest absolute Gasteiger partial charge is 0.323 e. The summed E-state index contributed by atoms with van der Waals surface area (Å²) in [6, 6.07) is 14.2. The minimum absolute atomic E-state index is 0.0265. The molecule has 0 saturated carbocycles. The van der Waals surface area contributed by atoms with Crippen molar-refractivity contribution in [1.29, 1.82) is 0 Å². The normalized spacial score (nSPS) is 18.1. The number of ether oxygens (including phenoxy) is 1. The molecule has 3 saturated heterocycles. The quantitative estimate of drug-likeness (QED) is 0.379. The molecule has 0 spiro atoms. The van der Waals surface area contributed by atoms with Crippen LogP contribution >= 0.6 is 0 Å². The van der Waals surface area contributed by atoms with Crippen LogP contribution in [0.4, 0.5) is 28.1 Å². The van der Waals surface area contributed by atoms with E-state index in [1.807, 2.05) is 29.2 Å². The van der Waals surface area contributed by atoms with Gasteiger partial charge in [-0.05, 0) is 81.5 Å². The number of carbonyl (C=O) groups excluding carboxylic acids is 2. The van der Waals surface area contributed by atoms with E-state index < -0.39 is 0 Å². The Bertz CT molecular complexity index is 1490. The fraction of sp³-hybridized carbons (Fsp3) is 0.500. The predicted molar refractivity (Wildman–Crippen MR) is 184 cm³/mol. The lowest BCUT2D eigenvalue weighted by atomic mass is 10.1. The molecule has 3 aromatic rings. The maximum absolute atomic E-state index is 13.0. The number of carbonyl (C=O) groups is 2. The lowest BCUT2D eigenvalue weighted by Crippen LogP contribution is -2.48. The van der Waals surface area contributed by atoms with Crippen LogP contribution in [0.2, 0.25) is 0 Å². The third-order valence-corrected chi connectivity index (χ3v) is 8.90. The van der Waals surface area contributed by atoms with Crippen LogP contribution < -0.4 is 20.4 Å². The number of nitrogens with one attached hydrogen (secondary N) is 2. The first kappa shape index (κ1) is 32.6. The monoisotopic (exact) mass is 642 g/mol. The van der Waals surface area contributed by atoms with E-state index in [9.17, 15) is 9.59 Å². The van der Waals surface area contributed by atoms with Gasteiger partial charge in [0.05, 0.1) is 13.2 Å². The average molecular weight is 643 g/mol. The first-order valence-corrected chi connectivity index (χ1v) is 16.8. The van der Waals surface area contributed by atoms with Crippen molar-refractivity contribution in [2.75, 3.05) is 113 Å². The van der Waals surface area contributed by atoms with Crippen LogP contribution in [0, 0.1) is 0 Å². The summed E-state index contributed by atoms with van der Waals surface area (Å²) in [6.07, 6.45) is 2.17. The molecule has 6 rings (SSSR count). The zero-order valence-corrected chi connectivity index (χ0v) is 27.5. The molecule has 0 atom stereocenters. The van der Waals surface area contributed by atoms with Crippen molar-refractivity contribution in [3.05, 3.63) is 54.1 Å². The third kappa shape index (κ3) is 8.53. The standard InChI is InChI=1S/C34H46N10O3/c1-3-13-41-17-20-42(21-18-41)31(45)27-7-11-29(12-8-27)36-34(46)35-28-9-5-26(6-10-28)30-37-32(43-15-4-14-40(2)16-19-43)39-33(38-30)44-22-24-47-25-23-44/h5-12H,3-4,13-25H2,1-2H3,(H2,35,36,46). The Hall–Kier alpha value is -4.33. The van der Waals surface area contributed by atoms with Crippen molar-refractivity contribution >= 4 is 35.2 Å². The second-order valence-electron chi connectivity index (χ2n) is 12.4. The van der Waals surface area contributed by atoms with Crippen molar-refractivity contribution < 1.29 is 14.3 Å². The van der Waals surface area contributed by atoms with E-state index >= 15 is 0 Å². The molecule has 47 heavy (non-hydrogen) atoms. The number of nitrogens with zero attached hydrogens (tertiary/aromatic N) is 8. The Labute approximate surface area is 276 Å². The van der Waals surface area contributed by atoms with E-state index in [1.165, 1.54) is 0 Å². The number of rotatable bonds is 8. The molecule has 2 aromatic carbocycles. The minimum atomic E-state index is -0.368. The number of amides is 3. The number of anilines is 4. The Morgan fingerprint density at radius 3 is 1.98 bits per heavy atom. The van der Waals surface area contributed by atoms with Crippen LogP contribution in [-0.2, 0) is 4.74 Å². The third-order valence-electron chi connectivity index (χ3n) is 8.90. The van der Waals surface area contributed by atoms with Crippen LogP contribution in [0.3, 0.4) is 0 Å². The van der Waals surface area contributed by atoms with E-state index in [2.05, 4.69) is 44.2 Å². The van der Waals surface area contributed by atoms with Crippen molar-refractivity contribution in [3.63, 3.8) is 0 Å². The summed E-state index contributed by atoms with van der Waals surface area (Å²) in [5, 5.41) is 5.75. The van der Waals surface area contributed by atoms with Gasteiger partial charge in [0.1, 0.15) is 0 Å². The van der Waals surface area contributed by atoms with Gasteiger partial charge in [-0.1, -0.05) is 6.92 Å². The first-order valence-electron chi connectivity index (χ1n) is 16.8. The molecule has 250 valence electrons. The van der Waals surface area contributed by atoms with Gasteiger partial charge in [0.25, 0.3) is 5.91 Å². The van der Waals surface area contributed by atoms with E-state index in [4.69, 9.17) is 19.7 Å². The number of hydrogen-bond donors (Lipinski definition) is 2. The molecule has 0 unspecified atom stereocenters. The molecule has 13 nitrogen and oxygen atoms in total. The highest BCUT2D eigenvalue weighted by molar-refractivity contribution is 6.00. The lowest BCUT2D eigenvalue weighted by Gasteiger charge is -2.34. The highest BCUT2D eigenvalue weighted by atomic mass is 16.5. The lowest BCUT2D eigenvalue weighted by molar-refractivity contribution is 0.0637. The van der Waals surface area contributed by atoms with Gasteiger partial charge in [0.15, 0.2) is 5.82 Å². The maximum Gasteiger partial charge on any atom is 0.323 e. The van der Waals surface area contributed by atoms with Crippen LogP contribution in [0.1, 0.15) is 30.1 Å². The molecule has 4 heterocycles. The molecule has 3 aliphatic rings. The molecule has 0 radical (unpaired) electrons. The fourth-order valence-corrected chi connectivity index (χ4v) is 6.14. The Morgan fingerprint density at radius 1 is 0.723 bits per heavy atom. The van der Waals surface area contributed by atoms with E-state index in [1.54, 1.807) is 24.3 Å². The van der Waals surface area contributed by atoms with Crippen LogP contribution in [0.25, 0.3) is 11.4 Å². The topological polar surface area (TPSA) is 122 Å². The van der Waals surface area contributed by atoms with E-state index in [0.717, 1.165) is 90.4 Å². The molecular formula is C34H46N10O3. The van der Waals surface area contributed by atoms with Crippen LogP contribution in [0.15, 0.2) is 48.5 Å². The molecule has 3 fully saturated rings. The minimum Gasteiger partial charge on any atom is -0.378 e. The number of aromatic nitrogens is 3. The number of urea groups is 1. The average Bonchev–Trinajstić information content (AvgIpc) is 3.33. The summed E-state index contributed by atoms with van der Waals surface area (Å²) >= 11 is 0. The number of benzene rings is 2. The Balaban J connectivity index is 1.08. The fourth-order valence-electron chi connectivity index (χ4n) is 6.14. The zero-order valence-electron chi connectivity index (χ0n) is 27.5. The predicted octanol–water partition coefficient (Wildman–Crippen LogP) is 3.33. The molecule has 3 aliphatic heterocycles. The number of likely N-dealkylation sites (N-methyl/N-ethyl adjacent to an activating group) is 1. The molecule has 2 N–H and O–H groups in total. The van der Waals surface area contributed by atoms with Gasteiger partial charge >= 0.3 is 6.03 Å². The second kappa shape index (κ2) is 15.5. The highest BCUT2D eigenvalue weighted by Crippen LogP contribution is 2.24. The van der Waals surface area contributed by atoms with Crippen molar-refractivity contribution in [3.8, 4) is 11.4 Å². The number of hydrogen-bond acceptors (Lipinski definition) is 10. The Kier molecular flexibility index (Phi) is 10.8. The number of piperazine rings is 1. The highest BCUT2D eigenvalue weighted by Gasteiger charge is 2.23. The molecule has 1 aromatic heterocycles. The number of morpholine rings is 1. The van der Waals surface area contributed by atoms with Gasteiger partial charge in [0.2, 0.25) is 11.9 Å². The summed E-state index contributed by atoms with van der Waals surface area (Å²) in [4.78, 5) is 51.4. The molecular weight excluding hydrogens is 596 g/mol. The summed E-state index contributed by atoms with van der Waals surface area (Å²) in [6.45, 7) is 13.0. The molecule has 13 heteroatoms. The summed E-state index contributed by atoms with van der Waals surface area (Å²) < 4.78 is 5.56. The van der Waals surface area contributed by atoms with Gasteiger partial charge in [-0.25, -0.2) is 4.79 Å². The summed E-state index contributed by atoms with van der Waals surface area (Å²) in [5.74, 6) is 1.98. The Morgan fingerprint density at radius 2 is 1.34 bits per heavy atom. The molecule has 3 amide bonds.